The van der Waals surface area contributed by atoms with E-state index in [9.17, 15) is 0 Å². The van der Waals surface area contributed by atoms with Crippen molar-refractivity contribution < 1.29 is 0 Å². The Bertz CT molecular complexity index is 527. The lowest BCUT2D eigenvalue weighted by molar-refractivity contribution is 0.264. The number of unbranched alkanes of at least 4 members (excludes halogenated alkanes) is 2. The lowest BCUT2D eigenvalue weighted by Gasteiger charge is -2.21. The maximum absolute atomic E-state index is 4.36. The van der Waals surface area contributed by atoms with Crippen LogP contribution in [-0.4, -0.2) is 41.3 Å². The van der Waals surface area contributed by atoms with Gasteiger partial charge in [-0.2, -0.15) is 5.10 Å². The van der Waals surface area contributed by atoms with Crippen molar-refractivity contribution >= 4 is 16.7 Å². The first-order valence-corrected chi connectivity index (χ1v) is 8.74. The molecule has 2 aromatic rings. The van der Waals surface area contributed by atoms with Crippen molar-refractivity contribution in [3.63, 3.8) is 0 Å². The first-order chi connectivity index (χ1) is 10.8. The number of para-hydroxylation sites is 1. The average molecular weight is 302 g/mol. The highest BCUT2D eigenvalue weighted by Gasteiger charge is 2.05. The zero-order valence-corrected chi connectivity index (χ0v) is 14.1. The van der Waals surface area contributed by atoms with Gasteiger partial charge in [0.15, 0.2) is 5.82 Å². The van der Waals surface area contributed by atoms with Crippen LogP contribution in [0.3, 0.4) is 0 Å². The van der Waals surface area contributed by atoms with Gasteiger partial charge >= 0.3 is 0 Å². The van der Waals surface area contributed by atoms with Crippen molar-refractivity contribution in [1.29, 1.82) is 0 Å². The Morgan fingerprint density at radius 3 is 2.41 bits per heavy atom. The van der Waals surface area contributed by atoms with Crippen LogP contribution in [-0.2, 0) is 0 Å². The normalized spacial score (nSPS) is 11.4. The summed E-state index contributed by atoms with van der Waals surface area (Å²) >= 11 is 0. The third kappa shape index (κ3) is 5.02. The van der Waals surface area contributed by atoms with Crippen LogP contribution in [0.5, 0.6) is 0 Å². The number of anilines is 1. The lowest BCUT2D eigenvalue weighted by Crippen LogP contribution is -2.28. The van der Waals surface area contributed by atoms with E-state index in [0.29, 0.717) is 0 Å². The molecule has 1 aromatic heterocycles. The van der Waals surface area contributed by atoms with Gasteiger partial charge in [-0.05, 0) is 51.0 Å². The SMILES string of the molecule is CCCCN(CCCC)CCCNc1n[nH]c2ccccc12. The minimum atomic E-state index is 0.976. The van der Waals surface area contributed by atoms with E-state index in [0.717, 1.165) is 24.3 Å². The molecule has 0 unspecified atom stereocenters. The molecule has 0 amide bonds. The highest BCUT2D eigenvalue weighted by molar-refractivity contribution is 5.89. The molecule has 0 saturated heterocycles. The molecule has 0 aliphatic rings. The predicted molar refractivity (Wildman–Crippen MR) is 95.5 cm³/mol. The van der Waals surface area contributed by atoms with E-state index in [4.69, 9.17) is 0 Å². The first-order valence-electron chi connectivity index (χ1n) is 8.74. The van der Waals surface area contributed by atoms with Crippen molar-refractivity contribution in [1.82, 2.24) is 15.1 Å². The molecule has 4 nitrogen and oxygen atoms in total. The fourth-order valence-corrected chi connectivity index (χ4v) is 2.71. The van der Waals surface area contributed by atoms with E-state index in [1.54, 1.807) is 0 Å². The molecule has 0 spiro atoms. The summed E-state index contributed by atoms with van der Waals surface area (Å²) in [5.41, 5.74) is 1.09. The molecule has 1 heterocycles. The van der Waals surface area contributed by atoms with E-state index in [2.05, 4.69) is 52.5 Å². The number of nitrogens with zero attached hydrogens (tertiary/aromatic N) is 2. The Hall–Kier alpha value is -1.55. The number of aromatic nitrogens is 2. The second-order valence-corrected chi connectivity index (χ2v) is 5.95. The molecule has 0 aliphatic carbocycles. The van der Waals surface area contributed by atoms with Crippen LogP contribution in [0.1, 0.15) is 46.0 Å². The first kappa shape index (κ1) is 16.8. The van der Waals surface area contributed by atoms with Gasteiger partial charge in [-0.3, -0.25) is 5.10 Å². The third-order valence-electron chi connectivity index (χ3n) is 4.07. The quantitative estimate of drug-likeness (QED) is 0.609. The number of H-pyrrole nitrogens is 1. The molecule has 0 fully saturated rings. The van der Waals surface area contributed by atoms with E-state index < -0.39 is 0 Å². The van der Waals surface area contributed by atoms with Crippen molar-refractivity contribution in [3.8, 4) is 0 Å². The monoisotopic (exact) mass is 302 g/mol. The van der Waals surface area contributed by atoms with Gasteiger partial charge in [0.2, 0.25) is 0 Å². The summed E-state index contributed by atoms with van der Waals surface area (Å²) in [5.74, 6) is 0.976. The van der Waals surface area contributed by atoms with Gasteiger partial charge in [-0.25, -0.2) is 0 Å². The van der Waals surface area contributed by atoms with Crippen LogP contribution < -0.4 is 5.32 Å². The average Bonchev–Trinajstić information content (AvgIpc) is 2.96. The maximum Gasteiger partial charge on any atom is 0.155 e. The van der Waals surface area contributed by atoms with Crippen molar-refractivity contribution in [2.24, 2.45) is 0 Å². The van der Waals surface area contributed by atoms with Crippen LogP contribution in [0, 0.1) is 0 Å². The largest absolute Gasteiger partial charge is 0.368 e. The molecule has 2 N–H and O–H groups in total. The van der Waals surface area contributed by atoms with E-state index in [1.165, 1.54) is 50.7 Å². The molecule has 0 saturated carbocycles. The van der Waals surface area contributed by atoms with Gasteiger partial charge in [0.25, 0.3) is 0 Å². The van der Waals surface area contributed by atoms with Gasteiger partial charge < -0.3 is 10.2 Å². The van der Waals surface area contributed by atoms with Gasteiger partial charge in [0, 0.05) is 11.9 Å². The summed E-state index contributed by atoms with van der Waals surface area (Å²) in [6.07, 6.45) is 6.33. The van der Waals surface area contributed by atoms with Gasteiger partial charge in [0.1, 0.15) is 0 Å². The fourth-order valence-electron chi connectivity index (χ4n) is 2.71. The molecule has 0 radical (unpaired) electrons. The van der Waals surface area contributed by atoms with Crippen LogP contribution in [0.25, 0.3) is 10.9 Å². The minimum absolute atomic E-state index is 0.976. The Labute approximate surface area is 134 Å². The molecule has 4 heteroatoms. The Morgan fingerprint density at radius 2 is 1.68 bits per heavy atom. The van der Waals surface area contributed by atoms with Crippen molar-refractivity contribution in [2.75, 3.05) is 31.5 Å². The van der Waals surface area contributed by atoms with Crippen LogP contribution in [0.4, 0.5) is 5.82 Å². The van der Waals surface area contributed by atoms with E-state index in [-0.39, 0.29) is 0 Å². The van der Waals surface area contributed by atoms with Gasteiger partial charge in [0.05, 0.1) is 5.52 Å². The molecule has 122 valence electrons. The minimum Gasteiger partial charge on any atom is -0.368 e. The number of fused-ring (bicyclic) bond motifs is 1. The van der Waals surface area contributed by atoms with E-state index >= 15 is 0 Å². The summed E-state index contributed by atoms with van der Waals surface area (Å²) in [7, 11) is 0. The summed E-state index contributed by atoms with van der Waals surface area (Å²) in [5, 5.41) is 12.1. The van der Waals surface area contributed by atoms with Crippen LogP contribution >= 0.6 is 0 Å². The zero-order chi connectivity index (χ0) is 15.6. The molecule has 0 bridgehead atoms. The molecule has 1 aromatic carbocycles. The molecule has 0 aliphatic heterocycles. The van der Waals surface area contributed by atoms with E-state index in [1.807, 2.05) is 6.07 Å². The highest BCUT2D eigenvalue weighted by Crippen LogP contribution is 2.19. The third-order valence-corrected chi connectivity index (χ3v) is 4.07. The predicted octanol–water partition coefficient (Wildman–Crippen LogP) is 4.27. The number of nitrogens with one attached hydrogen (secondary N) is 2. The van der Waals surface area contributed by atoms with Crippen LogP contribution in [0.2, 0.25) is 0 Å². The number of hydrogen-bond donors (Lipinski definition) is 2. The topological polar surface area (TPSA) is 44.0 Å². The summed E-state index contributed by atoms with van der Waals surface area (Å²) in [6, 6.07) is 8.25. The second kappa shape index (κ2) is 9.46. The highest BCUT2D eigenvalue weighted by atomic mass is 15.2. The summed E-state index contributed by atoms with van der Waals surface area (Å²) < 4.78 is 0. The zero-order valence-electron chi connectivity index (χ0n) is 14.1. The Morgan fingerprint density at radius 1 is 1.00 bits per heavy atom. The smallest absolute Gasteiger partial charge is 0.155 e. The number of aromatic amines is 1. The van der Waals surface area contributed by atoms with Gasteiger partial charge in [-0.15, -0.1) is 0 Å². The summed E-state index contributed by atoms with van der Waals surface area (Å²) in [6.45, 7) is 9.16. The Balaban J connectivity index is 1.74. The van der Waals surface area contributed by atoms with Crippen molar-refractivity contribution in [3.05, 3.63) is 24.3 Å². The summed E-state index contributed by atoms with van der Waals surface area (Å²) in [4.78, 5) is 2.61. The molecular weight excluding hydrogens is 272 g/mol. The van der Waals surface area contributed by atoms with Crippen LogP contribution in [0.15, 0.2) is 24.3 Å². The number of benzene rings is 1. The fraction of sp³-hybridized carbons (Fsp3) is 0.611. The number of rotatable bonds is 11. The maximum atomic E-state index is 4.36. The molecule has 22 heavy (non-hydrogen) atoms. The second-order valence-electron chi connectivity index (χ2n) is 5.95. The Kier molecular flexibility index (Phi) is 7.23. The van der Waals surface area contributed by atoms with Crippen molar-refractivity contribution in [2.45, 2.75) is 46.0 Å². The number of hydrogen-bond acceptors (Lipinski definition) is 3. The lowest BCUT2D eigenvalue weighted by atomic mass is 10.2. The van der Waals surface area contributed by atoms with Gasteiger partial charge in [-0.1, -0.05) is 38.8 Å². The standard InChI is InChI=1S/C18H30N4/c1-3-5-13-22(14-6-4-2)15-9-12-19-18-16-10-7-8-11-17(16)20-21-18/h7-8,10-11H,3-6,9,12-15H2,1-2H3,(H2,19,20,21). The molecule has 2 rings (SSSR count). The molecular formula is C18H30N4. The molecule has 0 atom stereocenters.